The van der Waals surface area contributed by atoms with E-state index in [-0.39, 0.29) is 6.42 Å². The summed E-state index contributed by atoms with van der Waals surface area (Å²) in [5, 5.41) is 17.4. The van der Waals surface area contributed by atoms with Crippen LogP contribution in [0.2, 0.25) is 0 Å². The molecule has 1 aromatic carbocycles. The van der Waals surface area contributed by atoms with E-state index in [1.807, 2.05) is 6.07 Å². The molecule has 0 radical (unpaired) electrons. The van der Waals surface area contributed by atoms with E-state index in [0.29, 0.717) is 0 Å². The van der Waals surface area contributed by atoms with Gasteiger partial charge in [-0.2, -0.15) is 5.26 Å². The van der Waals surface area contributed by atoms with Crippen molar-refractivity contribution in [3.63, 3.8) is 0 Å². The second-order valence-corrected chi connectivity index (χ2v) is 4.14. The third-order valence-corrected chi connectivity index (χ3v) is 2.54. The number of carboxylic acids is 1. The molecule has 0 unspecified atom stereocenters. The molecule has 3 nitrogen and oxygen atoms in total. The molecule has 0 fully saturated rings. The normalized spacial score (nSPS) is 9.94. The highest BCUT2D eigenvalue weighted by Crippen LogP contribution is 2.23. The number of nitrogens with zero attached hydrogens (tertiary/aromatic N) is 1. The average molecular weight is 227 g/mol. The molecule has 0 aliphatic carbocycles. The Bertz CT molecular complexity index is 510. The summed E-state index contributed by atoms with van der Waals surface area (Å²) in [5.41, 5.74) is 0.611. The maximum absolute atomic E-state index is 11.1. The second kappa shape index (κ2) is 5.18. The molecule has 0 saturated heterocycles. The van der Waals surface area contributed by atoms with Crippen LogP contribution in [0.15, 0.2) is 24.3 Å². The van der Waals surface area contributed by atoms with Gasteiger partial charge in [0.2, 0.25) is 0 Å². The Morgan fingerprint density at radius 3 is 2.41 bits per heavy atom. The molecule has 3 heteroatoms. The lowest BCUT2D eigenvalue weighted by molar-refractivity contribution is -0.142. The van der Waals surface area contributed by atoms with Crippen molar-refractivity contribution in [2.24, 2.45) is 0 Å². The van der Waals surface area contributed by atoms with Gasteiger partial charge in [0.25, 0.3) is 0 Å². The highest BCUT2D eigenvalue weighted by atomic mass is 16.4. The van der Waals surface area contributed by atoms with Gasteiger partial charge in [0, 0.05) is 5.56 Å². The molecule has 1 aromatic rings. The molecule has 0 amide bonds. The first-order valence-corrected chi connectivity index (χ1v) is 5.18. The summed E-state index contributed by atoms with van der Waals surface area (Å²) in [6, 6.07) is 8.98. The van der Waals surface area contributed by atoms with E-state index in [9.17, 15) is 4.79 Å². The summed E-state index contributed by atoms with van der Waals surface area (Å²) >= 11 is 0. The molecule has 0 bridgehead atoms. The fourth-order valence-corrected chi connectivity index (χ4v) is 1.28. The number of carbonyl (C=O) groups is 1. The van der Waals surface area contributed by atoms with Crippen molar-refractivity contribution in [3.05, 3.63) is 35.4 Å². The zero-order chi connectivity index (χ0) is 12.9. The third kappa shape index (κ3) is 3.09. The Labute approximate surface area is 101 Å². The molecule has 17 heavy (non-hydrogen) atoms. The number of benzene rings is 1. The van der Waals surface area contributed by atoms with Crippen LogP contribution in [0.3, 0.4) is 0 Å². The van der Waals surface area contributed by atoms with Crippen LogP contribution in [0.1, 0.15) is 31.4 Å². The Hall–Kier alpha value is -2.26. The SMILES string of the molecule is CC(C)(C(=O)O)c1ccc(C#CCC#N)cc1. The molecule has 0 aliphatic heterocycles. The van der Waals surface area contributed by atoms with E-state index < -0.39 is 11.4 Å². The van der Waals surface area contributed by atoms with Crippen LogP contribution in [-0.4, -0.2) is 11.1 Å². The Morgan fingerprint density at radius 1 is 1.35 bits per heavy atom. The van der Waals surface area contributed by atoms with Gasteiger partial charge >= 0.3 is 5.97 Å². The molecule has 0 spiro atoms. The topological polar surface area (TPSA) is 61.1 Å². The van der Waals surface area contributed by atoms with Crippen molar-refractivity contribution in [1.82, 2.24) is 0 Å². The smallest absolute Gasteiger partial charge is 0.313 e. The standard InChI is InChI=1S/C14H13NO2/c1-14(2,13(16)17)12-8-6-11(7-9-12)5-3-4-10-15/h6-9H,4H2,1-2H3,(H,16,17). The molecule has 1 N–H and O–H groups in total. The van der Waals surface area contributed by atoms with Gasteiger partial charge in [-0.15, -0.1) is 0 Å². The quantitative estimate of drug-likeness (QED) is 0.788. The summed E-state index contributed by atoms with van der Waals surface area (Å²) in [4.78, 5) is 11.1. The van der Waals surface area contributed by atoms with Crippen LogP contribution < -0.4 is 0 Å². The van der Waals surface area contributed by atoms with Gasteiger partial charge in [-0.1, -0.05) is 24.0 Å². The van der Waals surface area contributed by atoms with Gasteiger partial charge in [-0.05, 0) is 31.5 Å². The minimum atomic E-state index is -0.904. The van der Waals surface area contributed by atoms with Crippen LogP contribution in [0.4, 0.5) is 0 Å². The molecule has 0 saturated carbocycles. The lowest BCUT2D eigenvalue weighted by Crippen LogP contribution is -2.28. The highest BCUT2D eigenvalue weighted by Gasteiger charge is 2.28. The van der Waals surface area contributed by atoms with E-state index in [1.165, 1.54) is 0 Å². The van der Waals surface area contributed by atoms with Gasteiger partial charge in [-0.3, -0.25) is 4.79 Å². The van der Waals surface area contributed by atoms with Gasteiger partial charge in [0.1, 0.15) is 0 Å². The molecular formula is C14H13NO2. The van der Waals surface area contributed by atoms with E-state index in [2.05, 4.69) is 11.8 Å². The van der Waals surface area contributed by atoms with Crippen LogP contribution in [0.25, 0.3) is 0 Å². The van der Waals surface area contributed by atoms with Gasteiger partial charge < -0.3 is 5.11 Å². The average Bonchev–Trinajstić information content (AvgIpc) is 2.30. The first-order chi connectivity index (χ1) is 7.98. The number of hydrogen-bond acceptors (Lipinski definition) is 2. The van der Waals surface area contributed by atoms with Crippen LogP contribution in [0, 0.1) is 23.2 Å². The first-order valence-electron chi connectivity index (χ1n) is 5.18. The van der Waals surface area contributed by atoms with Crippen molar-refractivity contribution < 1.29 is 9.90 Å². The lowest BCUT2D eigenvalue weighted by Gasteiger charge is -2.19. The monoisotopic (exact) mass is 227 g/mol. The predicted octanol–water partition coefficient (Wildman–Crippen LogP) is 2.31. The van der Waals surface area contributed by atoms with Gasteiger partial charge in [0.15, 0.2) is 0 Å². The van der Waals surface area contributed by atoms with Crippen molar-refractivity contribution >= 4 is 5.97 Å². The Kier molecular flexibility index (Phi) is 3.91. The second-order valence-electron chi connectivity index (χ2n) is 4.14. The zero-order valence-electron chi connectivity index (χ0n) is 9.82. The number of nitriles is 1. The number of carboxylic acid groups (broad SMARTS) is 1. The fourth-order valence-electron chi connectivity index (χ4n) is 1.28. The van der Waals surface area contributed by atoms with Gasteiger partial charge in [-0.25, -0.2) is 0 Å². The van der Waals surface area contributed by atoms with E-state index in [0.717, 1.165) is 11.1 Å². The largest absolute Gasteiger partial charge is 0.481 e. The van der Waals surface area contributed by atoms with E-state index in [4.69, 9.17) is 10.4 Å². The zero-order valence-corrected chi connectivity index (χ0v) is 9.82. The highest BCUT2D eigenvalue weighted by molar-refractivity contribution is 5.80. The Balaban J connectivity index is 2.94. The molecular weight excluding hydrogens is 214 g/mol. The summed E-state index contributed by atoms with van der Waals surface area (Å²) in [7, 11) is 0. The minimum Gasteiger partial charge on any atom is -0.481 e. The number of aliphatic carboxylic acids is 1. The van der Waals surface area contributed by atoms with Crippen molar-refractivity contribution in [2.75, 3.05) is 0 Å². The summed E-state index contributed by atoms with van der Waals surface area (Å²) in [5.74, 6) is 4.68. The van der Waals surface area contributed by atoms with Crippen LogP contribution >= 0.6 is 0 Å². The maximum Gasteiger partial charge on any atom is 0.313 e. The summed E-state index contributed by atoms with van der Waals surface area (Å²) in [6.45, 7) is 3.32. The molecule has 0 heterocycles. The molecule has 0 atom stereocenters. The lowest BCUT2D eigenvalue weighted by atomic mass is 9.84. The number of rotatable bonds is 2. The summed E-state index contributed by atoms with van der Waals surface area (Å²) in [6.07, 6.45) is 0.197. The van der Waals surface area contributed by atoms with Crippen LogP contribution in [-0.2, 0) is 10.2 Å². The maximum atomic E-state index is 11.1. The van der Waals surface area contributed by atoms with Crippen molar-refractivity contribution in [1.29, 1.82) is 5.26 Å². The van der Waals surface area contributed by atoms with Crippen LogP contribution in [0.5, 0.6) is 0 Å². The molecule has 0 aliphatic rings. The predicted molar refractivity (Wildman–Crippen MR) is 64.2 cm³/mol. The number of hydrogen-bond donors (Lipinski definition) is 1. The molecule has 1 rings (SSSR count). The van der Waals surface area contributed by atoms with E-state index >= 15 is 0 Å². The molecule has 0 aromatic heterocycles. The molecule has 86 valence electrons. The Morgan fingerprint density at radius 2 is 1.94 bits per heavy atom. The van der Waals surface area contributed by atoms with E-state index in [1.54, 1.807) is 38.1 Å². The third-order valence-electron chi connectivity index (χ3n) is 2.54. The minimum absolute atomic E-state index is 0.197. The van der Waals surface area contributed by atoms with Crippen molar-refractivity contribution in [2.45, 2.75) is 25.7 Å². The fraction of sp³-hybridized carbons (Fsp3) is 0.286. The first kappa shape index (κ1) is 12.8. The summed E-state index contributed by atoms with van der Waals surface area (Å²) < 4.78 is 0. The van der Waals surface area contributed by atoms with Crippen molar-refractivity contribution in [3.8, 4) is 17.9 Å². The van der Waals surface area contributed by atoms with Gasteiger partial charge in [0.05, 0.1) is 17.9 Å².